The van der Waals surface area contributed by atoms with Gasteiger partial charge in [0.25, 0.3) is 0 Å². The zero-order valence-corrected chi connectivity index (χ0v) is 8.15. The average molecular weight is 191 g/mol. The van der Waals surface area contributed by atoms with Crippen LogP contribution in [0.15, 0.2) is 0 Å². The van der Waals surface area contributed by atoms with E-state index in [9.17, 15) is 8.42 Å². The lowest BCUT2D eigenvalue weighted by Gasteiger charge is -2.21. The molecule has 1 atom stereocenters. The summed E-state index contributed by atoms with van der Waals surface area (Å²) in [4.78, 5) is 0. The molecule has 0 amide bonds. The molecule has 72 valence electrons. The van der Waals surface area contributed by atoms with Gasteiger partial charge in [0.05, 0.1) is 11.0 Å². The summed E-state index contributed by atoms with van der Waals surface area (Å²) >= 11 is 0. The Morgan fingerprint density at radius 1 is 1.33 bits per heavy atom. The molecule has 1 aliphatic heterocycles. The summed E-state index contributed by atoms with van der Waals surface area (Å²) in [6.07, 6.45) is 4.36. The van der Waals surface area contributed by atoms with Crippen LogP contribution < -0.4 is 5.73 Å². The Hall–Kier alpha value is -0.0900. The standard InChI is InChI=1S/C8H17NO2S/c9-6-3-5-8-4-1-2-7-12(8,10)11/h8H,1-7,9H2. The van der Waals surface area contributed by atoms with Gasteiger partial charge in [0.15, 0.2) is 9.84 Å². The van der Waals surface area contributed by atoms with Crippen molar-refractivity contribution in [3.05, 3.63) is 0 Å². The van der Waals surface area contributed by atoms with Crippen LogP contribution in [0.3, 0.4) is 0 Å². The molecule has 1 unspecified atom stereocenters. The first-order valence-corrected chi connectivity index (χ1v) is 6.30. The fourth-order valence-electron chi connectivity index (χ4n) is 1.69. The zero-order valence-electron chi connectivity index (χ0n) is 7.33. The van der Waals surface area contributed by atoms with E-state index in [2.05, 4.69) is 0 Å². The van der Waals surface area contributed by atoms with E-state index in [4.69, 9.17) is 5.73 Å². The largest absolute Gasteiger partial charge is 0.330 e. The molecular formula is C8H17NO2S. The van der Waals surface area contributed by atoms with E-state index < -0.39 is 9.84 Å². The summed E-state index contributed by atoms with van der Waals surface area (Å²) in [5, 5.41) is -0.0881. The van der Waals surface area contributed by atoms with Crippen molar-refractivity contribution in [3.8, 4) is 0 Å². The minimum absolute atomic E-state index is 0.0881. The van der Waals surface area contributed by atoms with Gasteiger partial charge in [-0.05, 0) is 32.2 Å². The van der Waals surface area contributed by atoms with Crippen LogP contribution in [0.25, 0.3) is 0 Å². The van der Waals surface area contributed by atoms with E-state index in [1.165, 1.54) is 0 Å². The minimum Gasteiger partial charge on any atom is -0.330 e. The van der Waals surface area contributed by atoms with Crippen LogP contribution in [0.4, 0.5) is 0 Å². The molecule has 0 spiro atoms. The Morgan fingerprint density at radius 2 is 2.08 bits per heavy atom. The molecule has 1 aliphatic rings. The lowest BCUT2D eigenvalue weighted by Crippen LogP contribution is -2.28. The van der Waals surface area contributed by atoms with Crippen molar-refractivity contribution < 1.29 is 8.42 Å². The molecule has 0 aromatic heterocycles. The van der Waals surface area contributed by atoms with E-state index in [1.54, 1.807) is 0 Å². The molecule has 1 fully saturated rings. The van der Waals surface area contributed by atoms with Crippen LogP contribution in [0.1, 0.15) is 32.1 Å². The SMILES string of the molecule is NCCCC1CCCCS1(=O)=O. The lowest BCUT2D eigenvalue weighted by molar-refractivity contribution is 0.521. The van der Waals surface area contributed by atoms with Gasteiger partial charge in [0.2, 0.25) is 0 Å². The molecule has 0 aromatic carbocycles. The second-order valence-corrected chi connectivity index (χ2v) is 5.82. The molecule has 2 N–H and O–H groups in total. The van der Waals surface area contributed by atoms with Crippen molar-refractivity contribution in [2.75, 3.05) is 12.3 Å². The maximum Gasteiger partial charge on any atom is 0.153 e. The van der Waals surface area contributed by atoms with E-state index in [1.807, 2.05) is 0 Å². The van der Waals surface area contributed by atoms with Gasteiger partial charge in [-0.2, -0.15) is 0 Å². The highest BCUT2D eigenvalue weighted by molar-refractivity contribution is 7.92. The molecule has 1 rings (SSSR count). The van der Waals surface area contributed by atoms with Crippen LogP contribution in [-0.4, -0.2) is 26.0 Å². The Kier molecular flexibility index (Phi) is 3.53. The van der Waals surface area contributed by atoms with Gasteiger partial charge < -0.3 is 5.73 Å². The van der Waals surface area contributed by atoms with Crippen molar-refractivity contribution in [3.63, 3.8) is 0 Å². The molecule has 4 heteroatoms. The van der Waals surface area contributed by atoms with E-state index in [-0.39, 0.29) is 5.25 Å². The third kappa shape index (κ3) is 2.45. The summed E-state index contributed by atoms with van der Waals surface area (Å²) in [6.45, 7) is 0.603. The van der Waals surface area contributed by atoms with Crippen LogP contribution in [0.5, 0.6) is 0 Å². The number of rotatable bonds is 3. The quantitative estimate of drug-likeness (QED) is 0.714. The van der Waals surface area contributed by atoms with Crippen molar-refractivity contribution in [2.24, 2.45) is 5.73 Å². The number of sulfone groups is 1. The molecule has 0 aromatic rings. The summed E-state index contributed by atoms with van der Waals surface area (Å²) in [5.74, 6) is 0.391. The van der Waals surface area contributed by atoms with Crippen LogP contribution in [0.2, 0.25) is 0 Å². The first-order valence-electron chi connectivity index (χ1n) is 4.58. The van der Waals surface area contributed by atoms with E-state index in [0.717, 1.165) is 32.1 Å². The summed E-state index contributed by atoms with van der Waals surface area (Å²) in [5.41, 5.74) is 5.34. The van der Waals surface area contributed by atoms with Crippen molar-refractivity contribution in [1.82, 2.24) is 0 Å². The summed E-state index contributed by atoms with van der Waals surface area (Å²) in [6, 6.07) is 0. The number of hydrogen-bond donors (Lipinski definition) is 1. The normalized spacial score (nSPS) is 28.6. The van der Waals surface area contributed by atoms with E-state index in [0.29, 0.717) is 12.3 Å². The monoisotopic (exact) mass is 191 g/mol. The topological polar surface area (TPSA) is 60.2 Å². The molecule has 0 bridgehead atoms. The Morgan fingerprint density at radius 3 is 2.67 bits per heavy atom. The molecule has 12 heavy (non-hydrogen) atoms. The predicted molar refractivity (Wildman–Crippen MR) is 49.7 cm³/mol. The van der Waals surface area contributed by atoms with Gasteiger partial charge in [-0.15, -0.1) is 0 Å². The maximum atomic E-state index is 11.4. The second-order valence-electron chi connectivity index (χ2n) is 3.42. The highest BCUT2D eigenvalue weighted by Gasteiger charge is 2.27. The van der Waals surface area contributed by atoms with Gasteiger partial charge >= 0.3 is 0 Å². The second kappa shape index (κ2) is 4.23. The molecule has 0 radical (unpaired) electrons. The highest BCUT2D eigenvalue weighted by atomic mass is 32.2. The summed E-state index contributed by atoms with van der Waals surface area (Å²) < 4.78 is 22.9. The van der Waals surface area contributed by atoms with Crippen molar-refractivity contribution >= 4 is 9.84 Å². The Bertz CT molecular complexity index is 223. The van der Waals surface area contributed by atoms with Gasteiger partial charge in [-0.1, -0.05) is 6.42 Å². The van der Waals surface area contributed by atoms with Crippen LogP contribution in [0, 0.1) is 0 Å². The Labute approximate surface area is 74.3 Å². The van der Waals surface area contributed by atoms with E-state index >= 15 is 0 Å². The molecule has 1 saturated heterocycles. The molecular weight excluding hydrogens is 174 g/mol. The smallest absolute Gasteiger partial charge is 0.153 e. The molecule has 0 aliphatic carbocycles. The Balaban J connectivity index is 2.49. The maximum absolute atomic E-state index is 11.4. The van der Waals surface area contributed by atoms with Gasteiger partial charge in [0.1, 0.15) is 0 Å². The van der Waals surface area contributed by atoms with Crippen LogP contribution >= 0.6 is 0 Å². The first-order chi connectivity index (χ1) is 5.67. The van der Waals surface area contributed by atoms with Crippen molar-refractivity contribution in [1.29, 1.82) is 0 Å². The highest BCUT2D eigenvalue weighted by Crippen LogP contribution is 2.22. The number of hydrogen-bond acceptors (Lipinski definition) is 3. The van der Waals surface area contributed by atoms with Gasteiger partial charge in [-0.3, -0.25) is 0 Å². The fraction of sp³-hybridized carbons (Fsp3) is 1.00. The first kappa shape index (κ1) is 9.99. The van der Waals surface area contributed by atoms with Gasteiger partial charge in [-0.25, -0.2) is 8.42 Å². The fourth-order valence-corrected chi connectivity index (χ4v) is 3.68. The molecule has 0 saturated carbocycles. The van der Waals surface area contributed by atoms with Crippen molar-refractivity contribution in [2.45, 2.75) is 37.4 Å². The summed E-state index contributed by atoms with van der Waals surface area (Å²) in [7, 11) is -2.75. The zero-order chi connectivity index (χ0) is 9.03. The van der Waals surface area contributed by atoms with Gasteiger partial charge in [0, 0.05) is 0 Å². The molecule has 1 heterocycles. The number of nitrogens with two attached hydrogens (primary N) is 1. The lowest BCUT2D eigenvalue weighted by atomic mass is 10.1. The third-order valence-corrected chi connectivity index (χ3v) is 4.79. The third-order valence-electron chi connectivity index (χ3n) is 2.44. The molecule has 3 nitrogen and oxygen atoms in total. The van der Waals surface area contributed by atoms with Crippen LogP contribution in [-0.2, 0) is 9.84 Å². The predicted octanol–water partition coefficient (Wildman–Crippen LogP) is 0.693. The average Bonchev–Trinajstić information content (AvgIpc) is 2.02. The minimum atomic E-state index is -2.75.